The molecule has 0 atom stereocenters. The van der Waals surface area contributed by atoms with Crippen molar-refractivity contribution in [1.29, 1.82) is 0 Å². The van der Waals surface area contributed by atoms with Gasteiger partial charge in [-0.15, -0.1) is 12.4 Å². The van der Waals surface area contributed by atoms with Crippen molar-refractivity contribution in [2.24, 2.45) is 0 Å². The number of amides is 1. The summed E-state index contributed by atoms with van der Waals surface area (Å²) in [6.45, 7) is 3.16. The minimum absolute atomic E-state index is 0. The maximum Gasteiger partial charge on any atom is 0.276 e. The Kier molecular flexibility index (Phi) is 7.38. The van der Waals surface area contributed by atoms with Gasteiger partial charge in [-0.1, -0.05) is 34.4 Å². The molecule has 1 N–H and O–H groups in total. The average molecular weight is 407 g/mol. The van der Waals surface area contributed by atoms with Gasteiger partial charge < -0.3 is 19.5 Å². The van der Waals surface area contributed by atoms with Gasteiger partial charge in [-0.05, 0) is 25.1 Å². The highest BCUT2D eigenvalue weighted by Crippen LogP contribution is 2.32. The lowest BCUT2D eigenvalue weighted by atomic mass is 10.3. The Morgan fingerprint density at radius 3 is 2.80 bits per heavy atom. The molecule has 1 amide bonds. The van der Waals surface area contributed by atoms with Gasteiger partial charge in [0.25, 0.3) is 5.91 Å². The summed E-state index contributed by atoms with van der Waals surface area (Å²) in [6, 6.07) is 6.70. The fourth-order valence-electron chi connectivity index (χ4n) is 2.46. The zero-order chi connectivity index (χ0) is 16.9. The Hall–Kier alpha value is -1.47. The van der Waals surface area contributed by atoms with Crippen molar-refractivity contribution in [3.63, 3.8) is 0 Å². The minimum Gasteiger partial charge on any atom is -0.482 e. The number of rotatable bonds is 4. The number of carbonyl (C=O) groups is 1. The first-order valence-corrected chi connectivity index (χ1v) is 8.43. The summed E-state index contributed by atoms with van der Waals surface area (Å²) >= 11 is 12.1. The Balaban J connectivity index is 0.00000225. The highest BCUT2D eigenvalue weighted by Gasteiger charge is 2.21. The zero-order valence-corrected chi connectivity index (χ0v) is 15.7. The van der Waals surface area contributed by atoms with Crippen molar-refractivity contribution in [1.82, 2.24) is 15.4 Å². The molecule has 2 heterocycles. The van der Waals surface area contributed by atoms with E-state index in [1.54, 1.807) is 29.2 Å². The Labute approximate surface area is 161 Å². The van der Waals surface area contributed by atoms with E-state index in [0.717, 1.165) is 19.5 Å². The predicted octanol–water partition coefficient (Wildman–Crippen LogP) is 3.42. The molecule has 3 rings (SSSR count). The van der Waals surface area contributed by atoms with Crippen molar-refractivity contribution in [2.45, 2.75) is 13.0 Å². The Bertz CT molecular complexity index is 695. The third-order valence-corrected chi connectivity index (χ3v) is 4.28. The quantitative estimate of drug-likeness (QED) is 0.842. The number of nitrogens with zero attached hydrogens (tertiary/aromatic N) is 2. The van der Waals surface area contributed by atoms with Gasteiger partial charge in [-0.2, -0.15) is 0 Å². The second-order valence-electron chi connectivity index (χ2n) is 5.41. The lowest BCUT2D eigenvalue weighted by Gasteiger charge is -2.17. The van der Waals surface area contributed by atoms with Gasteiger partial charge in [0, 0.05) is 25.7 Å². The normalized spacial score (nSPS) is 14.6. The lowest BCUT2D eigenvalue weighted by molar-refractivity contribution is 0.0755. The molecule has 1 aliphatic heterocycles. The van der Waals surface area contributed by atoms with Crippen LogP contribution in [0.1, 0.15) is 22.7 Å². The minimum atomic E-state index is -0.135. The molecule has 1 aromatic carbocycles. The van der Waals surface area contributed by atoms with Gasteiger partial charge in [0.05, 0.1) is 10.0 Å². The van der Waals surface area contributed by atoms with Crippen LogP contribution in [-0.4, -0.2) is 42.1 Å². The molecule has 25 heavy (non-hydrogen) atoms. The maximum atomic E-state index is 12.4. The third-order valence-electron chi connectivity index (χ3n) is 3.68. The average Bonchev–Trinajstić information content (AvgIpc) is 2.87. The van der Waals surface area contributed by atoms with E-state index in [1.807, 2.05) is 0 Å². The molecule has 1 aromatic heterocycles. The first-order chi connectivity index (χ1) is 11.6. The molecule has 9 heteroatoms. The van der Waals surface area contributed by atoms with Crippen molar-refractivity contribution >= 4 is 41.5 Å². The highest BCUT2D eigenvalue weighted by atomic mass is 35.5. The lowest BCUT2D eigenvalue weighted by Crippen LogP contribution is -2.34. The van der Waals surface area contributed by atoms with Gasteiger partial charge in [0.15, 0.2) is 17.2 Å². The standard InChI is InChI=1S/C16H17Cl2N3O3.ClH/c17-12-3-1-4-13(18)15(12)23-10-11-9-14(20-24-11)16(22)21-7-2-5-19-6-8-21;/h1,3-4,9,19H,2,5-8,10H2;1H. The van der Waals surface area contributed by atoms with Crippen LogP contribution in [0.2, 0.25) is 10.0 Å². The molecule has 0 radical (unpaired) electrons. The largest absolute Gasteiger partial charge is 0.482 e. The predicted molar refractivity (Wildman–Crippen MR) is 97.9 cm³/mol. The van der Waals surface area contributed by atoms with E-state index in [9.17, 15) is 4.79 Å². The number of nitrogens with one attached hydrogen (secondary N) is 1. The maximum absolute atomic E-state index is 12.4. The number of halogens is 3. The molecule has 1 fully saturated rings. The van der Waals surface area contributed by atoms with Crippen LogP contribution in [0.25, 0.3) is 0 Å². The van der Waals surface area contributed by atoms with Crippen molar-refractivity contribution in [2.75, 3.05) is 26.2 Å². The molecule has 0 saturated carbocycles. The third kappa shape index (κ3) is 5.01. The van der Waals surface area contributed by atoms with Crippen LogP contribution in [0, 0.1) is 0 Å². The molecule has 1 aliphatic rings. The molecule has 6 nitrogen and oxygen atoms in total. The van der Waals surface area contributed by atoms with Crippen molar-refractivity contribution in [3.05, 3.63) is 45.8 Å². The van der Waals surface area contributed by atoms with Gasteiger partial charge in [0.2, 0.25) is 0 Å². The molecular formula is C16H18Cl3N3O3. The summed E-state index contributed by atoms with van der Waals surface area (Å²) < 4.78 is 10.8. The number of hydrogen-bond donors (Lipinski definition) is 1. The summed E-state index contributed by atoms with van der Waals surface area (Å²) in [7, 11) is 0. The summed E-state index contributed by atoms with van der Waals surface area (Å²) in [5.41, 5.74) is 0.278. The fraction of sp³-hybridized carbons (Fsp3) is 0.375. The Morgan fingerprint density at radius 2 is 2.04 bits per heavy atom. The summed E-state index contributed by atoms with van der Waals surface area (Å²) in [5, 5.41) is 7.93. The zero-order valence-electron chi connectivity index (χ0n) is 13.3. The molecule has 136 valence electrons. The van der Waals surface area contributed by atoms with Crippen LogP contribution in [0.4, 0.5) is 0 Å². The summed E-state index contributed by atoms with van der Waals surface area (Å²) in [4.78, 5) is 14.2. The summed E-state index contributed by atoms with van der Waals surface area (Å²) in [5.74, 6) is 0.676. The summed E-state index contributed by atoms with van der Waals surface area (Å²) in [6.07, 6.45) is 0.921. The van der Waals surface area contributed by atoms with Crippen LogP contribution >= 0.6 is 35.6 Å². The monoisotopic (exact) mass is 405 g/mol. The molecule has 1 saturated heterocycles. The molecule has 0 spiro atoms. The van der Waals surface area contributed by atoms with Gasteiger partial charge in [-0.3, -0.25) is 4.79 Å². The van der Waals surface area contributed by atoms with E-state index < -0.39 is 0 Å². The molecule has 0 aliphatic carbocycles. The van der Waals surface area contributed by atoms with E-state index in [-0.39, 0.29) is 30.6 Å². The van der Waals surface area contributed by atoms with Crippen LogP contribution in [0.3, 0.4) is 0 Å². The Morgan fingerprint density at radius 1 is 1.28 bits per heavy atom. The van der Waals surface area contributed by atoms with Crippen LogP contribution in [0.15, 0.2) is 28.8 Å². The van der Waals surface area contributed by atoms with E-state index in [0.29, 0.717) is 34.6 Å². The van der Waals surface area contributed by atoms with Crippen LogP contribution in [-0.2, 0) is 6.61 Å². The number of ether oxygens (including phenoxy) is 1. The fourth-order valence-corrected chi connectivity index (χ4v) is 2.96. The molecule has 2 aromatic rings. The van der Waals surface area contributed by atoms with Crippen molar-refractivity contribution in [3.8, 4) is 5.75 Å². The molecular weight excluding hydrogens is 389 g/mol. The number of aromatic nitrogens is 1. The van der Waals surface area contributed by atoms with Crippen molar-refractivity contribution < 1.29 is 14.1 Å². The molecule has 0 unspecified atom stereocenters. The van der Waals surface area contributed by atoms with Crippen LogP contribution in [0.5, 0.6) is 5.75 Å². The number of para-hydroxylation sites is 1. The van der Waals surface area contributed by atoms with E-state index in [4.69, 9.17) is 32.5 Å². The van der Waals surface area contributed by atoms with E-state index in [1.165, 1.54) is 0 Å². The topological polar surface area (TPSA) is 67.6 Å². The smallest absolute Gasteiger partial charge is 0.276 e. The van der Waals surface area contributed by atoms with Crippen LogP contribution < -0.4 is 10.1 Å². The second-order valence-corrected chi connectivity index (χ2v) is 6.23. The highest BCUT2D eigenvalue weighted by molar-refractivity contribution is 6.37. The van der Waals surface area contributed by atoms with Gasteiger partial charge in [0.1, 0.15) is 6.61 Å². The SMILES string of the molecule is Cl.O=C(c1cc(COc2c(Cl)cccc2Cl)on1)N1CCCNCC1. The van der Waals surface area contributed by atoms with Gasteiger partial charge in [-0.25, -0.2) is 0 Å². The first kappa shape index (κ1) is 19.8. The number of benzene rings is 1. The van der Waals surface area contributed by atoms with Gasteiger partial charge >= 0.3 is 0 Å². The number of hydrogen-bond acceptors (Lipinski definition) is 5. The second kappa shape index (κ2) is 9.29. The van der Waals surface area contributed by atoms with E-state index >= 15 is 0 Å². The first-order valence-electron chi connectivity index (χ1n) is 7.67. The molecule has 0 bridgehead atoms. The number of carbonyl (C=O) groups excluding carboxylic acids is 1. The van der Waals surface area contributed by atoms with E-state index in [2.05, 4.69) is 10.5 Å².